The van der Waals surface area contributed by atoms with Crippen molar-refractivity contribution in [1.29, 1.82) is 0 Å². The highest BCUT2D eigenvalue weighted by atomic mass is 35.5. The van der Waals surface area contributed by atoms with E-state index >= 15 is 0 Å². The largest absolute Gasteiger partial charge is 0.331 e. The molecule has 0 radical (unpaired) electrons. The number of halogens is 2. The van der Waals surface area contributed by atoms with Crippen molar-refractivity contribution >= 4 is 47.1 Å². The second-order valence-corrected chi connectivity index (χ2v) is 4.57. The third-order valence-corrected chi connectivity index (χ3v) is 2.58. The smallest absolute Gasteiger partial charge is 0.278 e. The highest BCUT2D eigenvalue weighted by molar-refractivity contribution is 7.98. The van der Waals surface area contributed by atoms with Gasteiger partial charge in [-0.3, -0.25) is 14.8 Å². The van der Waals surface area contributed by atoms with Gasteiger partial charge in [-0.2, -0.15) is 0 Å². The van der Waals surface area contributed by atoms with E-state index in [0.717, 1.165) is 11.9 Å². The Morgan fingerprint density at radius 3 is 2.25 bits per heavy atom. The molecule has 4 nitrogen and oxygen atoms in total. The fourth-order valence-corrected chi connectivity index (χ4v) is 2.17. The number of carbonyl (C=O) groups excluding carboxylic acids is 2. The number of hydrogen-bond donors (Lipinski definition) is 2. The third kappa shape index (κ3) is 4.74. The first-order chi connectivity index (χ1) is 7.47. The highest BCUT2D eigenvalue weighted by Crippen LogP contribution is 2.24. The number of benzene rings is 1. The Labute approximate surface area is 107 Å². The van der Waals surface area contributed by atoms with Crippen LogP contribution in [0.2, 0.25) is 10.0 Å². The van der Waals surface area contributed by atoms with Crippen molar-refractivity contribution < 1.29 is 9.59 Å². The number of amides is 3. The molecule has 0 aliphatic heterocycles. The summed E-state index contributed by atoms with van der Waals surface area (Å²) < 4.78 is 2.41. The topological polar surface area (TPSA) is 58.2 Å². The minimum absolute atomic E-state index is 0.428. The number of rotatable bonds is 2. The number of imide groups is 1. The maximum atomic E-state index is 11.1. The van der Waals surface area contributed by atoms with E-state index in [1.54, 1.807) is 18.2 Å². The zero-order valence-electron chi connectivity index (χ0n) is 8.21. The van der Waals surface area contributed by atoms with E-state index in [0.29, 0.717) is 14.9 Å². The van der Waals surface area contributed by atoms with E-state index in [9.17, 15) is 9.59 Å². The molecule has 0 unspecified atom stereocenters. The average molecular weight is 279 g/mol. The van der Waals surface area contributed by atoms with Gasteiger partial charge in [0.1, 0.15) is 0 Å². The van der Waals surface area contributed by atoms with E-state index in [2.05, 4.69) is 10.0 Å². The minimum Gasteiger partial charge on any atom is -0.278 e. The molecule has 0 saturated heterocycles. The van der Waals surface area contributed by atoms with Gasteiger partial charge >= 0.3 is 6.03 Å². The summed E-state index contributed by atoms with van der Waals surface area (Å²) in [5.74, 6) is -0.428. The molecule has 0 aliphatic rings. The lowest BCUT2D eigenvalue weighted by molar-refractivity contribution is -0.117. The molecule has 16 heavy (non-hydrogen) atoms. The van der Waals surface area contributed by atoms with Crippen LogP contribution in [0.1, 0.15) is 6.92 Å². The second-order valence-electron chi connectivity index (χ2n) is 2.82. The van der Waals surface area contributed by atoms with Gasteiger partial charge < -0.3 is 0 Å². The van der Waals surface area contributed by atoms with Gasteiger partial charge in [0.05, 0.1) is 0 Å². The Hall–Kier alpha value is -0.910. The molecule has 0 fully saturated rings. The Kier molecular flexibility index (Phi) is 4.92. The first kappa shape index (κ1) is 13.2. The Balaban J connectivity index is 2.54. The normalized spacial score (nSPS) is 9.69. The SMILES string of the molecule is CC(=O)NC(=O)NSc1cc(Cl)cc(Cl)c1. The highest BCUT2D eigenvalue weighted by Gasteiger charge is 2.04. The van der Waals surface area contributed by atoms with Crippen molar-refractivity contribution in [3.05, 3.63) is 28.2 Å². The van der Waals surface area contributed by atoms with Crippen LogP contribution in [-0.4, -0.2) is 11.9 Å². The monoisotopic (exact) mass is 278 g/mol. The minimum atomic E-state index is -0.589. The van der Waals surface area contributed by atoms with Crippen LogP contribution in [0.15, 0.2) is 23.1 Å². The molecule has 0 aromatic heterocycles. The average Bonchev–Trinajstić information content (AvgIpc) is 2.12. The van der Waals surface area contributed by atoms with Crippen LogP contribution in [0.25, 0.3) is 0 Å². The molecule has 1 aromatic rings. The summed E-state index contributed by atoms with van der Waals surface area (Å²) in [6.07, 6.45) is 0. The van der Waals surface area contributed by atoms with Crippen LogP contribution in [0.4, 0.5) is 4.79 Å². The maximum absolute atomic E-state index is 11.1. The number of urea groups is 1. The van der Waals surface area contributed by atoms with Gasteiger partial charge in [0, 0.05) is 21.9 Å². The summed E-state index contributed by atoms with van der Waals surface area (Å²) in [6, 6.07) is 4.29. The van der Waals surface area contributed by atoms with Gasteiger partial charge in [-0.25, -0.2) is 4.79 Å². The number of carbonyl (C=O) groups is 2. The van der Waals surface area contributed by atoms with Crippen LogP contribution >= 0.6 is 35.1 Å². The summed E-state index contributed by atoms with van der Waals surface area (Å²) in [7, 11) is 0. The molecule has 3 amide bonds. The van der Waals surface area contributed by atoms with E-state index in [4.69, 9.17) is 23.2 Å². The predicted octanol–water partition coefficient (Wildman–Crippen LogP) is 2.85. The first-order valence-electron chi connectivity index (χ1n) is 4.18. The fourth-order valence-electron chi connectivity index (χ4n) is 0.878. The maximum Gasteiger partial charge on any atom is 0.331 e. The summed E-state index contributed by atoms with van der Waals surface area (Å²) in [4.78, 5) is 22.3. The molecule has 2 N–H and O–H groups in total. The summed E-state index contributed by atoms with van der Waals surface area (Å²) >= 11 is 12.6. The number of hydrogen-bond acceptors (Lipinski definition) is 3. The van der Waals surface area contributed by atoms with Crippen molar-refractivity contribution in [3.8, 4) is 0 Å². The van der Waals surface area contributed by atoms with Crippen LogP contribution < -0.4 is 10.0 Å². The molecule has 0 saturated carbocycles. The molecule has 0 bridgehead atoms. The van der Waals surface area contributed by atoms with Crippen LogP contribution in [0.3, 0.4) is 0 Å². The van der Waals surface area contributed by atoms with Gasteiger partial charge in [-0.1, -0.05) is 23.2 Å². The molecule has 86 valence electrons. The lowest BCUT2D eigenvalue weighted by Gasteiger charge is -2.04. The van der Waals surface area contributed by atoms with Crippen LogP contribution in [0.5, 0.6) is 0 Å². The zero-order valence-corrected chi connectivity index (χ0v) is 10.5. The van der Waals surface area contributed by atoms with Gasteiger partial charge in [-0.15, -0.1) is 0 Å². The lowest BCUT2D eigenvalue weighted by Crippen LogP contribution is -2.34. The first-order valence-corrected chi connectivity index (χ1v) is 5.75. The quantitative estimate of drug-likeness (QED) is 0.818. The molecule has 0 spiro atoms. The van der Waals surface area contributed by atoms with E-state index < -0.39 is 11.9 Å². The standard InChI is InChI=1S/C9H8Cl2N2O2S/c1-5(14)12-9(15)13-16-8-3-6(10)2-7(11)4-8/h2-4H,1H3,(H2,12,13,14,15). The molecular formula is C9H8Cl2N2O2S. The molecule has 1 aromatic carbocycles. The van der Waals surface area contributed by atoms with Gasteiger partial charge in [-0.05, 0) is 30.1 Å². The molecular weight excluding hydrogens is 271 g/mol. The Morgan fingerprint density at radius 2 is 1.75 bits per heavy atom. The summed E-state index contributed by atoms with van der Waals surface area (Å²) in [5.41, 5.74) is 0. The predicted molar refractivity (Wildman–Crippen MR) is 64.7 cm³/mol. The third-order valence-electron chi connectivity index (χ3n) is 1.39. The van der Waals surface area contributed by atoms with Crippen molar-refractivity contribution in [2.75, 3.05) is 0 Å². The second kappa shape index (κ2) is 5.98. The fraction of sp³-hybridized carbons (Fsp3) is 0.111. The van der Waals surface area contributed by atoms with Crippen molar-refractivity contribution in [3.63, 3.8) is 0 Å². The van der Waals surface area contributed by atoms with Gasteiger partial charge in [0.25, 0.3) is 0 Å². The summed E-state index contributed by atoms with van der Waals surface area (Å²) in [6.45, 7) is 1.25. The van der Waals surface area contributed by atoms with Crippen molar-refractivity contribution in [2.24, 2.45) is 0 Å². The Morgan fingerprint density at radius 1 is 1.19 bits per heavy atom. The molecule has 0 heterocycles. The molecule has 7 heteroatoms. The van der Waals surface area contributed by atoms with Crippen LogP contribution in [-0.2, 0) is 4.79 Å². The molecule has 0 atom stereocenters. The van der Waals surface area contributed by atoms with E-state index in [-0.39, 0.29) is 0 Å². The van der Waals surface area contributed by atoms with Crippen LogP contribution in [0, 0.1) is 0 Å². The number of nitrogens with one attached hydrogen (secondary N) is 2. The Bertz CT molecular complexity index is 406. The van der Waals surface area contributed by atoms with E-state index in [1.165, 1.54) is 6.92 Å². The van der Waals surface area contributed by atoms with Crippen molar-refractivity contribution in [1.82, 2.24) is 10.0 Å². The van der Waals surface area contributed by atoms with Gasteiger partial charge in [0.15, 0.2) is 0 Å². The van der Waals surface area contributed by atoms with Crippen molar-refractivity contribution in [2.45, 2.75) is 11.8 Å². The lowest BCUT2D eigenvalue weighted by atomic mass is 10.4. The zero-order chi connectivity index (χ0) is 12.1. The molecule has 0 aliphatic carbocycles. The van der Waals surface area contributed by atoms with Gasteiger partial charge in [0.2, 0.25) is 5.91 Å². The molecule has 1 rings (SSSR count). The summed E-state index contributed by atoms with van der Waals surface area (Å²) in [5, 5.41) is 3.02. The van der Waals surface area contributed by atoms with E-state index in [1.807, 2.05) is 0 Å².